The molecular formula is C23H21ClN6O2. The quantitative estimate of drug-likeness (QED) is 0.457. The van der Waals surface area contributed by atoms with Gasteiger partial charge in [-0.1, -0.05) is 23.7 Å². The molecule has 162 valence electrons. The molecule has 1 aliphatic heterocycles. The van der Waals surface area contributed by atoms with Crippen molar-refractivity contribution in [2.45, 2.75) is 19.6 Å². The van der Waals surface area contributed by atoms with Gasteiger partial charge in [0.25, 0.3) is 0 Å². The summed E-state index contributed by atoms with van der Waals surface area (Å²) in [7, 11) is 1.60. The molecule has 0 radical (unpaired) electrons. The zero-order valence-electron chi connectivity index (χ0n) is 17.6. The summed E-state index contributed by atoms with van der Waals surface area (Å²) in [6.07, 6.45) is 7.10. The molecule has 0 N–H and O–H groups in total. The lowest BCUT2D eigenvalue weighted by Gasteiger charge is -2.23. The molecule has 0 saturated carbocycles. The Morgan fingerprint density at radius 1 is 1.12 bits per heavy atom. The van der Waals surface area contributed by atoms with Gasteiger partial charge in [-0.25, -0.2) is 19.6 Å². The second-order valence-corrected chi connectivity index (χ2v) is 7.81. The average Bonchev–Trinajstić information content (AvgIpc) is 3.43. The highest BCUT2D eigenvalue weighted by molar-refractivity contribution is 6.30. The number of methoxy groups -OCH3 is 1. The molecule has 32 heavy (non-hydrogen) atoms. The van der Waals surface area contributed by atoms with Crippen LogP contribution in [0.5, 0.6) is 5.88 Å². The van der Waals surface area contributed by atoms with Gasteiger partial charge in [-0.2, -0.15) is 5.10 Å². The van der Waals surface area contributed by atoms with Crippen LogP contribution in [-0.2, 0) is 11.3 Å². The molecule has 9 heteroatoms. The largest absolute Gasteiger partial charge is 0.479 e. The highest BCUT2D eigenvalue weighted by atomic mass is 35.5. The number of imidazole rings is 1. The number of hydrogen-bond donors (Lipinski definition) is 0. The summed E-state index contributed by atoms with van der Waals surface area (Å²) in [4.78, 5) is 13.5. The van der Waals surface area contributed by atoms with Gasteiger partial charge in [0.15, 0.2) is 11.6 Å². The molecule has 3 aromatic heterocycles. The average molecular weight is 449 g/mol. The molecule has 0 aliphatic carbocycles. The van der Waals surface area contributed by atoms with Crippen LogP contribution in [0.3, 0.4) is 0 Å². The Balaban J connectivity index is 1.40. The predicted octanol–water partition coefficient (Wildman–Crippen LogP) is 4.12. The van der Waals surface area contributed by atoms with Crippen LogP contribution in [0.1, 0.15) is 34.7 Å². The maximum Gasteiger partial charge on any atom is 0.238 e. The third kappa shape index (κ3) is 4.02. The minimum absolute atomic E-state index is 0.271. The molecule has 8 nitrogen and oxygen atoms in total. The van der Waals surface area contributed by atoms with E-state index in [2.05, 4.69) is 15.1 Å². The standard InChI is InChI=1S/C23H21ClN6O2/c1-15-13-29(14-25-15)19-9-7-18(26-23(19)31-2)8-10-20-27-22-21(32-12-11-30(22)28-20)16-3-5-17(24)6-4-16/h3-10,13-14,21H,11-12H2,1-2H3. The Hall–Kier alpha value is -3.49. The van der Waals surface area contributed by atoms with Gasteiger partial charge < -0.3 is 14.0 Å². The normalized spacial score (nSPS) is 15.8. The van der Waals surface area contributed by atoms with Gasteiger partial charge >= 0.3 is 0 Å². The van der Waals surface area contributed by atoms with Gasteiger partial charge in [0.2, 0.25) is 5.88 Å². The number of aromatic nitrogens is 6. The second-order valence-electron chi connectivity index (χ2n) is 7.37. The van der Waals surface area contributed by atoms with Crippen LogP contribution < -0.4 is 4.74 Å². The maximum absolute atomic E-state index is 6.02. The number of nitrogens with zero attached hydrogens (tertiary/aromatic N) is 6. The van der Waals surface area contributed by atoms with Gasteiger partial charge in [-0.15, -0.1) is 0 Å². The molecule has 4 heterocycles. The van der Waals surface area contributed by atoms with Crippen LogP contribution >= 0.6 is 11.6 Å². The monoisotopic (exact) mass is 448 g/mol. The number of benzene rings is 1. The van der Waals surface area contributed by atoms with E-state index in [1.807, 2.05) is 70.9 Å². The van der Waals surface area contributed by atoms with Crippen molar-refractivity contribution in [3.05, 3.63) is 82.5 Å². The van der Waals surface area contributed by atoms with Gasteiger partial charge in [0.05, 0.1) is 38.0 Å². The maximum atomic E-state index is 6.02. The van der Waals surface area contributed by atoms with Crippen molar-refractivity contribution < 1.29 is 9.47 Å². The van der Waals surface area contributed by atoms with Gasteiger partial charge in [0.1, 0.15) is 11.8 Å². The Bertz CT molecular complexity index is 1280. The van der Waals surface area contributed by atoms with Crippen molar-refractivity contribution in [1.29, 1.82) is 0 Å². The molecule has 0 fully saturated rings. The smallest absolute Gasteiger partial charge is 0.238 e. The van der Waals surface area contributed by atoms with Crippen molar-refractivity contribution in [2.75, 3.05) is 13.7 Å². The van der Waals surface area contributed by atoms with Gasteiger partial charge in [-0.05, 0) is 48.9 Å². The Morgan fingerprint density at radius 3 is 2.72 bits per heavy atom. The molecular weight excluding hydrogens is 428 g/mol. The summed E-state index contributed by atoms with van der Waals surface area (Å²) >= 11 is 6.02. The van der Waals surface area contributed by atoms with E-state index in [1.165, 1.54) is 0 Å². The minimum Gasteiger partial charge on any atom is -0.479 e. The molecule has 1 unspecified atom stereocenters. The number of rotatable bonds is 5. The number of aryl methyl sites for hydroxylation is 1. The summed E-state index contributed by atoms with van der Waals surface area (Å²) in [6.45, 7) is 3.17. The molecule has 0 amide bonds. The number of pyridine rings is 1. The van der Waals surface area contributed by atoms with Crippen molar-refractivity contribution in [3.63, 3.8) is 0 Å². The first-order valence-electron chi connectivity index (χ1n) is 10.2. The van der Waals surface area contributed by atoms with E-state index in [1.54, 1.807) is 13.4 Å². The van der Waals surface area contributed by atoms with Crippen LogP contribution in [0.15, 0.2) is 48.9 Å². The fraction of sp³-hybridized carbons (Fsp3) is 0.217. The fourth-order valence-corrected chi connectivity index (χ4v) is 3.74. The molecule has 5 rings (SSSR count). The summed E-state index contributed by atoms with van der Waals surface area (Å²) in [6, 6.07) is 11.5. The fourth-order valence-electron chi connectivity index (χ4n) is 3.62. The third-order valence-electron chi connectivity index (χ3n) is 5.16. The second kappa shape index (κ2) is 8.57. The molecule has 1 aromatic carbocycles. The SMILES string of the molecule is COc1nc(C=Cc2nc3n(n2)CCOC3c2ccc(Cl)cc2)ccc1-n1cnc(C)c1. The predicted molar refractivity (Wildman–Crippen MR) is 121 cm³/mol. The first kappa shape index (κ1) is 20.4. The lowest BCUT2D eigenvalue weighted by Crippen LogP contribution is -2.23. The van der Waals surface area contributed by atoms with E-state index in [9.17, 15) is 0 Å². The summed E-state index contributed by atoms with van der Waals surface area (Å²) in [5.74, 6) is 1.88. The minimum atomic E-state index is -0.271. The lowest BCUT2D eigenvalue weighted by molar-refractivity contribution is 0.0390. The van der Waals surface area contributed by atoms with Gasteiger partial charge in [0, 0.05) is 11.2 Å². The van der Waals surface area contributed by atoms with Crippen molar-refractivity contribution in [2.24, 2.45) is 0 Å². The Kier molecular flexibility index (Phi) is 5.46. The summed E-state index contributed by atoms with van der Waals surface area (Å²) < 4.78 is 15.2. The molecule has 1 atom stereocenters. The summed E-state index contributed by atoms with van der Waals surface area (Å²) in [5, 5.41) is 5.30. The van der Waals surface area contributed by atoms with Crippen LogP contribution in [0.25, 0.3) is 17.8 Å². The van der Waals surface area contributed by atoms with Crippen LogP contribution in [0.2, 0.25) is 5.02 Å². The van der Waals surface area contributed by atoms with E-state index >= 15 is 0 Å². The zero-order chi connectivity index (χ0) is 22.1. The van der Waals surface area contributed by atoms with Crippen LogP contribution in [0.4, 0.5) is 0 Å². The van der Waals surface area contributed by atoms with E-state index in [0.29, 0.717) is 29.9 Å². The van der Waals surface area contributed by atoms with Crippen molar-refractivity contribution >= 4 is 23.8 Å². The van der Waals surface area contributed by atoms with Crippen molar-refractivity contribution in [1.82, 2.24) is 29.3 Å². The third-order valence-corrected chi connectivity index (χ3v) is 5.41. The summed E-state index contributed by atoms with van der Waals surface area (Å²) in [5.41, 5.74) is 3.48. The number of hydrogen-bond acceptors (Lipinski definition) is 6. The zero-order valence-corrected chi connectivity index (χ0v) is 18.4. The van der Waals surface area contributed by atoms with E-state index in [0.717, 1.165) is 28.5 Å². The van der Waals surface area contributed by atoms with E-state index in [-0.39, 0.29) is 6.10 Å². The molecule has 1 aliphatic rings. The topological polar surface area (TPSA) is 79.9 Å². The lowest BCUT2D eigenvalue weighted by atomic mass is 10.1. The molecule has 0 spiro atoms. The Labute approximate surface area is 190 Å². The van der Waals surface area contributed by atoms with E-state index in [4.69, 9.17) is 26.1 Å². The number of ether oxygens (including phenoxy) is 2. The van der Waals surface area contributed by atoms with Crippen LogP contribution in [-0.4, -0.2) is 43.0 Å². The molecule has 0 bridgehead atoms. The highest BCUT2D eigenvalue weighted by Crippen LogP contribution is 2.29. The van der Waals surface area contributed by atoms with E-state index < -0.39 is 0 Å². The molecule has 0 saturated heterocycles. The molecule has 4 aromatic rings. The van der Waals surface area contributed by atoms with Gasteiger partial charge in [-0.3, -0.25) is 0 Å². The number of fused-ring (bicyclic) bond motifs is 1. The Morgan fingerprint density at radius 2 is 1.97 bits per heavy atom. The van der Waals surface area contributed by atoms with Crippen molar-refractivity contribution in [3.8, 4) is 11.6 Å². The number of halogens is 1. The first-order valence-corrected chi connectivity index (χ1v) is 10.5. The highest BCUT2D eigenvalue weighted by Gasteiger charge is 2.26. The first-order chi connectivity index (χ1) is 15.6. The van der Waals surface area contributed by atoms with Crippen LogP contribution in [0, 0.1) is 6.92 Å².